The molecule has 3 heterocycles. The smallest absolute Gasteiger partial charge is 0.330 e. The van der Waals surface area contributed by atoms with Gasteiger partial charge in [0, 0.05) is 0 Å². The van der Waals surface area contributed by atoms with Crippen LogP contribution in [0.1, 0.15) is 23.7 Å². The molecule has 2 aromatic carbocycles. The molecule has 234 valence electrons. The van der Waals surface area contributed by atoms with Crippen molar-refractivity contribution >= 4 is 11.9 Å². The Morgan fingerprint density at radius 3 is 2.33 bits per heavy atom. The fourth-order valence-electron chi connectivity index (χ4n) is 5.40. The molecule has 1 atom stereocenters. The maximum absolute atomic E-state index is 14.0. The minimum atomic E-state index is -4.66. The van der Waals surface area contributed by atoms with Gasteiger partial charge in [-0.3, -0.25) is 9.36 Å². The fourth-order valence-corrected chi connectivity index (χ4v) is 5.40. The zero-order valence-electron chi connectivity index (χ0n) is 25.2. The second-order valence-corrected chi connectivity index (χ2v) is 11.6. The van der Waals surface area contributed by atoms with Gasteiger partial charge in [-0.05, 0) is 62.4 Å². The number of likely N-dealkylation sites (N-methyl/N-ethyl adjacent to an activating group) is 1. The number of hydrogen-bond donors (Lipinski definition) is 1. The van der Waals surface area contributed by atoms with Gasteiger partial charge in [0.15, 0.2) is 0 Å². The third-order valence-corrected chi connectivity index (χ3v) is 8.02. The third-order valence-electron chi connectivity index (χ3n) is 8.02. The van der Waals surface area contributed by atoms with Crippen molar-refractivity contribution in [1.29, 1.82) is 5.26 Å². The van der Waals surface area contributed by atoms with Crippen molar-refractivity contribution in [1.82, 2.24) is 29.1 Å². The normalized spacial score (nSPS) is 15.4. The molecule has 1 aliphatic heterocycles. The van der Waals surface area contributed by atoms with Crippen molar-refractivity contribution in [2.24, 2.45) is 0 Å². The standard InChI is InChI=1S/C31H31F3N8O3/c1-20(28(43)38-14-16-42(3,4)17-15-38)37-29(44)40-27(26-12-13-36-41(26)24-10-8-22(19-35)9-11-24)21(2)39(30(40)45)25-7-5-6-23(18-25)31(32,33)34/h5-13,18,20H,14-17H2,1-4H3/p+1. The number of nitriles is 1. The van der Waals surface area contributed by atoms with Crippen LogP contribution < -0.4 is 11.0 Å². The van der Waals surface area contributed by atoms with E-state index in [0.717, 1.165) is 38.8 Å². The van der Waals surface area contributed by atoms with Crippen molar-refractivity contribution < 1.29 is 27.2 Å². The summed E-state index contributed by atoms with van der Waals surface area (Å²) in [5, 5.41) is 16.2. The van der Waals surface area contributed by atoms with Crippen LogP contribution in [0.3, 0.4) is 0 Å². The lowest BCUT2D eigenvalue weighted by Gasteiger charge is -2.39. The second-order valence-electron chi connectivity index (χ2n) is 11.6. The fraction of sp³-hybridized carbons (Fsp3) is 0.323. The molecule has 0 radical (unpaired) electrons. The number of halogens is 3. The van der Waals surface area contributed by atoms with Crippen LogP contribution in [0, 0.1) is 18.3 Å². The molecule has 1 aliphatic rings. The molecule has 2 amide bonds. The number of carbonyl (C=O) groups excluding carboxylic acids is 2. The first-order chi connectivity index (χ1) is 21.2. The maximum Gasteiger partial charge on any atom is 0.416 e. The van der Waals surface area contributed by atoms with Crippen LogP contribution in [-0.2, 0) is 11.0 Å². The number of carbonyl (C=O) groups is 2. The highest BCUT2D eigenvalue weighted by Crippen LogP contribution is 2.32. The van der Waals surface area contributed by atoms with Crippen LogP contribution in [0.15, 0.2) is 65.6 Å². The van der Waals surface area contributed by atoms with Crippen molar-refractivity contribution in [2.45, 2.75) is 26.1 Å². The molecule has 5 rings (SSSR count). The Hall–Kier alpha value is -5.16. The van der Waals surface area contributed by atoms with E-state index >= 15 is 0 Å². The average Bonchev–Trinajstić information content (AvgIpc) is 3.58. The zero-order chi connectivity index (χ0) is 32.7. The van der Waals surface area contributed by atoms with Gasteiger partial charge in [0.25, 0.3) is 0 Å². The number of benzene rings is 2. The lowest BCUT2D eigenvalue weighted by atomic mass is 10.2. The van der Waals surface area contributed by atoms with Crippen LogP contribution in [-0.4, -0.2) is 86.6 Å². The van der Waals surface area contributed by atoms with Crippen LogP contribution in [0.4, 0.5) is 18.0 Å². The second kappa shape index (κ2) is 11.7. The number of quaternary nitrogens is 1. The van der Waals surface area contributed by atoms with E-state index in [9.17, 15) is 32.8 Å². The number of imidazole rings is 1. The van der Waals surface area contributed by atoms with Gasteiger partial charge in [-0.15, -0.1) is 0 Å². The van der Waals surface area contributed by atoms with Crippen LogP contribution in [0.25, 0.3) is 22.8 Å². The van der Waals surface area contributed by atoms with Gasteiger partial charge in [0.1, 0.15) is 11.7 Å². The van der Waals surface area contributed by atoms with E-state index in [4.69, 9.17) is 0 Å². The topological polar surface area (TPSA) is 118 Å². The van der Waals surface area contributed by atoms with E-state index in [1.165, 1.54) is 36.9 Å². The molecule has 14 heteroatoms. The molecule has 0 saturated carbocycles. The van der Waals surface area contributed by atoms with E-state index in [1.54, 1.807) is 35.2 Å². The Balaban J connectivity index is 1.60. The first-order valence-corrected chi connectivity index (χ1v) is 14.2. The number of alkyl halides is 3. The predicted molar refractivity (Wildman–Crippen MR) is 159 cm³/mol. The summed E-state index contributed by atoms with van der Waals surface area (Å²) in [6, 6.07) is 12.4. The summed E-state index contributed by atoms with van der Waals surface area (Å²) < 4.78 is 44.9. The highest BCUT2D eigenvalue weighted by molar-refractivity contribution is 5.89. The van der Waals surface area contributed by atoms with E-state index in [1.807, 2.05) is 6.07 Å². The molecule has 0 bridgehead atoms. The summed E-state index contributed by atoms with van der Waals surface area (Å²) in [6.07, 6.45) is -3.22. The van der Waals surface area contributed by atoms with Crippen molar-refractivity contribution in [3.05, 3.63) is 88.1 Å². The SMILES string of the molecule is Cc1c(-c2ccnn2-c2ccc(C#N)cc2)n(C(=O)NC(C)C(=O)N2CC[N+](C)(C)CC2)c(=O)n1-c1cccc(C(F)(F)F)c1. The molecule has 45 heavy (non-hydrogen) atoms. The van der Waals surface area contributed by atoms with Crippen LogP contribution in [0.5, 0.6) is 0 Å². The number of amides is 2. The van der Waals surface area contributed by atoms with Crippen LogP contribution >= 0.6 is 0 Å². The van der Waals surface area contributed by atoms with Gasteiger partial charge in [-0.25, -0.2) is 18.8 Å². The Morgan fingerprint density at radius 1 is 1.04 bits per heavy atom. The number of nitrogens with zero attached hydrogens (tertiary/aromatic N) is 7. The molecule has 11 nitrogen and oxygen atoms in total. The summed E-state index contributed by atoms with van der Waals surface area (Å²) in [5.74, 6) is -0.311. The van der Waals surface area contributed by atoms with Crippen molar-refractivity contribution in [3.8, 4) is 28.8 Å². The number of rotatable bonds is 5. The number of piperazine rings is 1. The molecule has 0 aliphatic carbocycles. The highest BCUT2D eigenvalue weighted by Gasteiger charge is 2.34. The lowest BCUT2D eigenvalue weighted by Crippen LogP contribution is -2.59. The molecule has 1 fully saturated rings. The molecule has 1 N–H and O–H groups in total. The largest absolute Gasteiger partial charge is 0.416 e. The van der Waals surface area contributed by atoms with Gasteiger partial charge in [-0.2, -0.15) is 23.5 Å². The molecule has 4 aromatic rings. The zero-order valence-corrected chi connectivity index (χ0v) is 25.2. The monoisotopic (exact) mass is 621 g/mol. The maximum atomic E-state index is 14.0. The summed E-state index contributed by atoms with van der Waals surface area (Å²) in [7, 11) is 4.14. The van der Waals surface area contributed by atoms with E-state index in [0.29, 0.717) is 24.3 Å². The van der Waals surface area contributed by atoms with Gasteiger partial charge in [0.2, 0.25) is 5.91 Å². The van der Waals surface area contributed by atoms with Gasteiger partial charge >= 0.3 is 17.9 Å². The molecule has 2 aromatic heterocycles. The predicted octanol–water partition coefficient (Wildman–Crippen LogP) is 3.56. The quantitative estimate of drug-likeness (QED) is 0.342. The van der Waals surface area contributed by atoms with E-state index < -0.39 is 29.5 Å². The van der Waals surface area contributed by atoms with Gasteiger partial charge in [-0.1, -0.05) is 6.07 Å². The third kappa shape index (κ3) is 6.12. The Bertz CT molecular complexity index is 1850. The first-order valence-electron chi connectivity index (χ1n) is 14.2. The summed E-state index contributed by atoms with van der Waals surface area (Å²) >= 11 is 0. The Morgan fingerprint density at radius 2 is 1.71 bits per heavy atom. The first kappa shape index (κ1) is 31.3. The van der Waals surface area contributed by atoms with E-state index in [-0.39, 0.29) is 28.7 Å². The summed E-state index contributed by atoms with van der Waals surface area (Å²) in [6.45, 7) is 5.54. The highest BCUT2D eigenvalue weighted by atomic mass is 19.4. The number of hydrogen-bond acceptors (Lipinski definition) is 5. The summed E-state index contributed by atoms with van der Waals surface area (Å²) in [4.78, 5) is 42.8. The molecule has 0 spiro atoms. The van der Waals surface area contributed by atoms with Crippen molar-refractivity contribution in [2.75, 3.05) is 40.3 Å². The lowest BCUT2D eigenvalue weighted by molar-refractivity contribution is -0.894. The minimum absolute atomic E-state index is 0.0634. The van der Waals surface area contributed by atoms with Crippen molar-refractivity contribution in [3.63, 3.8) is 0 Å². The summed E-state index contributed by atoms with van der Waals surface area (Å²) in [5.41, 5.74) is -0.555. The number of aromatic nitrogens is 4. The Kier molecular flexibility index (Phi) is 8.15. The Labute approximate surface area is 256 Å². The average molecular weight is 622 g/mol. The van der Waals surface area contributed by atoms with Gasteiger partial charge in [0.05, 0.1) is 86.4 Å². The molecule has 1 unspecified atom stereocenters. The van der Waals surface area contributed by atoms with E-state index in [2.05, 4.69) is 24.5 Å². The molecular weight excluding hydrogens is 589 g/mol. The number of nitrogens with one attached hydrogen (secondary N) is 1. The van der Waals surface area contributed by atoms with Gasteiger partial charge < -0.3 is 14.7 Å². The van der Waals surface area contributed by atoms with Crippen LogP contribution in [0.2, 0.25) is 0 Å². The molecular formula is C31H32F3N8O3+. The molecule has 1 saturated heterocycles. The minimum Gasteiger partial charge on any atom is -0.330 e.